The highest BCUT2D eigenvalue weighted by atomic mass is 32.2. The zero-order chi connectivity index (χ0) is 19.3. The smallest absolute Gasteiger partial charge is 0.251 e. The molecule has 0 aliphatic rings. The minimum atomic E-state index is -3.79. The number of ether oxygens (including phenoxy) is 1. The minimum absolute atomic E-state index is 0.0614. The van der Waals surface area contributed by atoms with Gasteiger partial charge in [-0.05, 0) is 44.5 Å². The number of hydrogen-bond acceptors (Lipinski definition) is 4. The van der Waals surface area contributed by atoms with Gasteiger partial charge >= 0.3 is 0 Å². The Labute approximate surface area is 154 Å². The number of carbonyl (C=O) groups is 1. The van der Waals surface area contributed by atoms with Gasteiger partial charge in [0.1, 0.15) is 10.6 Å². The lowest BCUT2D eigenvalue weighted by atomic mass is 10.1. The van der Waals surface area contributed by atoms with Crippen LogP contribution in [0.2, 0.25) is 0 Å². The van der Waals surface area contributed by atoms with Crippen LogP contribution >= 0.6 is 0 Å². The summed E-state index contributed by atoms with van der Waals surface area (Å²) in [4.78, 5) is 12.5. The van der Waals surface area contributed by atoms with Crippen molar-refractivity contribution in [2.45, 2.75) is 37.8 Å². The fraction of sp³-hybridized carbons (Fsp3) is 0.316. The fourth-order valence-electron chi connectivity index (χ4n) is 2.51. The molecule has 0 fully saturated rings. The van der Waals surface area contributed by atoms with Crippen molar-refractivity contribution in [1.82, 2.24) is 10.0 Å². The third kappa shape index (κ3) is 4.83. The van der Waals surface area contributed by atoms with Gasteiger partial charge in [0.25, 0.3) is 5.91 Å². The molecular formula is C19H24N2O4S. The third-order valence-electron chi connectivity index (χ3n) is 3.75. The Morgan fingerprint density at radius 2 is 1.69 bits per heavy atom. The molecule has 7 heteroatoms. The number of benzene rings is 2. The summed E-state index contributed by atoms with van der Waals surface area (Å²) < 4.78 is 32.7. The molecule has 0 aromatic heterocycles. The third-order valence-corrected chi connectivity index (χ3v) is 5.43. The van der Waals surface area contributed by atoms with Crippen LogP contribution in [0.15, 0.2) is 53.4 Å². The molecule has 0 unspecified atom stereocenters. The van der Waals surface area contributed by atoms with E-state index < -0.39 is 10.0 Å². The average Bonchev–Trinajstić information content (AvgIpc) is 2.60. The summed E-state index contributed by atoms with van der Waals surface area (Å²) in [6.07, 6.45) is 0. The monoisotopic (exact) mass is 376 g/mol. The van der Waals surface area contributed by atoms with Gasteiger partial charge in [-0.2, -0.15) is 0 Å². The second-order valence-electron chi connectivity index (χ2n) is 6.25. The molecule has 0 saturated carbocycles. The summed E-state index contributed by atoms with van der Waals surface area (Å²) in [6.45, 7) is 5.32. The Kier molecular flexibility index (Phi) is 6.39. The molecular weight excluding hydrogens is 352 g/mol. The molecule has 2 N–H and O–H groups in total. The van der Waals surface area contributed by atoms with Gasteiger partial charge in [-0.15, -0.1) is 0 Å². The van der Waals surface area contributed by atoms with Crippen LogP contribution in [0.4, 0.5) is 0 Å². The number of amides is 1. The minimum Gasteiger partial charge on any atom is -0.495 e. The second-order valence-corrected chi connectivity index (χ2v) is 7.93. The topological polar surface area (TPSA) is 84.5 Å². The highest BCUT2D eigenvalue weighted by Crippen LogP contribution is 2.25. The maximum atomic E-state index is 12.6. The summed E-state index contributed by atoms with van der Waals surface area (Å²) in [7, 11) is -2.40. The number of carbonyl (C=O) groups excluding carboxylic acids is 1. The Morgan fingerprint density at radius 3 is 2.27 bits per heavy atom. The number of methoxy groups -OCH3 is 1. The first-order valence-corrected chi connectivity index (χ1v) is 9.79. The molecule has 26 heavy (non-hydrogen) atoms. The van der Waals surface area contributed by atoms with Crippen LogP contribution in [0.5, 0.6) is 5.75 Å². The lowest BCUT2D eigenvalue weighted by Crippen LogP contribution is -2.31. The van der Waals surface area contributed by atoms with Crippen molar-refractivity contribution in [3.8, 4) is 5.75 Å². The summed E-state index contributed by atoms with van der Waals surface area (Å²) in [5, 5.41) is 2.87. The largest absolute Gasteiger partial charge is 0.495 e. The van der Waals surface area contributed by atoms with Gasteiger partial charge in [-0.25, -0.2) is 13.1 Å². The van der Waals surface area contributed by atoms with Crippen LogP contribution in [0.25, 0.3) is 0 Å². The van der Waals surface area contributed by atoms with E-state index in [2.05, 4.69) is 10.0 Å². The molecule has 0 aliphatic carbocycles. The van der Waals surface area contributed by atoms with Crippen molar-refractivity contribution in [1.29, 1.82) is 0 Å². The van der Waals surface area contributed by atoms with E-state index in [9.17, 15) is 13.2 Å². The molecule has 140 valence electrons. The van der Waals surface area contributed by atoms with Crippen LogP contribution in [-0.2, 0) is 10.0 Å². The fourth-order valence-corrected chi connectivity index (χ4v) is 3.95. The molecule has 1 amide bonds. The van der Waals surface area contributed by atoms with Gasteiger partial charge in [0, 0.05) is 11.6 Å². The van der Waals surface area contributed by atoms with Crippen molar-refractivity contribution in [3.63, 3.8) is 0 Å². The lowest BCUT2D eigenvalue weighted by Gasteiger charge is -2.16. The molecule has 0 saturated heterocycles. The zero-order valence-electron chi connectivity index (χ0n) is 15.3. The van der Waals surface area contributed by atoms with Crippen molar-refractivity contribution in [2.24, 2.45) is 0 Å². The Bertz CT molecular complexity index is 864. The van der Waals surface area contributed by atoms with E-state index in [0.717, 1.165) is 5.56 Å². The molecule has 1 atom stereocenters. The van der Waals surface area contributed by atoms with Gasteiger partial charge in [-0.1, -0.05) is 30.3 Å². The number of hydrogen-bond donors (Lipinski definition) is 2. The van der Waals surface area contributed by atoms with Crippen LogP contribution in [0.1, 0.15) is 42.7 Å². The van der Waals surface area contributed by atoms with E-state index in [1.807, 2.05) is 37.3 Å². The second kappa shape index (κ2) is 8.33. The zero-order valence-corrected chi connectivity index (χ0v) is 16.1. The van der Waals surface area contributed by atoms with Crippen LogP contribution in [0, 0.1) is 0 Å². The van der Waals surface area contributed by atoms with Crippen molar-refractivity contribution >= 4 is 15.9 Å². The van der Waals surface area contributed by atoms with Gasteiger partial charge in [-0.3, -0.25) is 4.79 Å². The van der Waals surface area contributed by atoms with Crippen LogP contribution in [0.3, 0.4) is 0 Å². The summed E-state index contributed by atoms with van der Waals surface area (Å²) in [5.74, 6) is -0.171. The Morgan fingerprint density at radius 1 is 1.04 bits per heavy atom. The van der Waals surface area contributed by atoms with Crippen LogP contribution < -0.4 is 14.8 Å². The lowest BCUT2D eigenvalue weighted by molar-refractivity contribution is 0.0939. The first kappa shape index (κ1) is 19.9. The van der Waals surface area contributed by atoms with Gasteiger partial charge in [0.15, 0.2) is 0 Å². The molecule has 2 rings (SSSR count). The van der Waals surface area contributed by atoms with Crippen molar-refractivity contribution < 1.29 is 17.9 Å². The molecule has 0 spiro atoms. The highest BCUT2D eigenvalue weighted by molar-refractivity contribution is 7.89. The number of rotatable bonds is 7. The maximum absolute atomic E-state index is 12.6. The molecule has 6 nitrogen and oxygen atoms in total. The number of sulfonamides is 1. The van der Waals surface area contributed by atoms with Crippen molar-refractivity contribution in [3.05, 3.63) is 59.7 Å². The van der Waals surface area contributed by atoms with Gasteiger partial charge in [0.05, 0.1) is 13.2 Å². The summed E-state index contributed by atoms with van der Waals surface area (Å²) in [5.41, 5.74) is 1.21. The SMILES string of the molecule is COc1ccc(C(=O)N[C@@H](C)c2ccccc2)cc1S(=O)(=O)NC(C)C. The molecule has 0 aliphatic heterocycles. The average molecular weight is 376 g/mol. The first-order chi connectivity index (χ1) is 12.2. The predicted molar refractivity (Wildman–Crippen MR) is 101 cm³/mol. The number of nitrogens with one attached hydrogen (secondary N) is 2. The van der Waals surface area contributed by atoms with Crippen LogP contribution in [-0.4, -0.2) is 27.5 Å². The highest BCUT2D eigenvalue weighted by Gasteiger charge is 2.23. The molecule has 0 radical (unpaired) electrons. The summed E-state index contributed by atoms with van der Waals surface area (Å²) >= 11 is 0. The van der Waals surface area contributed by atoms with E-state index >= 15 is 0 Å². The van der Waals surface area contributed by atoms with E-state index in [4.69, 9.17) is 4.74 Å². The predicted octanol–water partition coefficient (Wildman–Crippen LogP) is 2.87. The van der Waals surface area contributed by atoms with Gasteiger partial charge < -0.3 is 10.1 Å². The Hall–Kier alpha value is -2.38. The van der Waals surface area contributed by atoms with Crippen molar-refractivity contribution in [2.75, 3.05) is 7.11 Å². The normalized spacial score (nSPS) is 12.7. The first-order valence-electron chi connectivity index (χ1n) is 8.30. The molecule has 0 heterocycles. The van der Waals surface area contributed by atoms with E-state index in [-0.39, 0.29) is 34.2 Å². The quantitative estimate of drug-likeness (QED) is 0.778. The standard InChI is InChI=1S/C19H24N2O4S/c1-13(2)21-26(23,24)18-12-16(10-11-17(18)25-4)19(22)20-14(3)15-8-6-5-7-9-15/h5-14,21H,1-4H3,(H,20,22)/t14-/m0/s1. The van der Waals surface area contributed by atoms with E-state index in [0.29, 0.717) is 0 Å². The van der Waals surface area contributed by atoms with E-state index in [1.54, 1.807) is 19.9 Å². The molecule has 2 aromatic carbocycles. The Balaban J connectivity index is 2.30. The maximum Gasteiger partial charge on any atom is 0.251 e. The van der Waals surface area contributed by atoms with Gasteiger partial charge in [0.2, 0.25) is 10.0 Å². The van der Waals surface area contributed by atoms with E-state index in [1.165, 1.54) is 19.2 Å². The summed E-state index contributed by atoms with van der Waals surface area (Å²) in [6, 6.07) is 13.4. The molecule has 2 aromatic rings. The molecule has 0 bridgehead atoms.